The van der Waals surface area contributed by atoms with E-state index in [0.717, 1.165) is 0 Å². The third-order valence-corrected chi connectivity index (χ3v) is 3.98. The fraction of sp³-hybridized carbons (Fsp3) is 0.750. The zero-order chi connectivity index (χ0) is 17.9. The zero-order valence-electron chi connectivity index (χ0n) is 14.4. The predicted octanol–water partition coefficient (Wildman–Crippen LogP) is 0.344. The lowest BCUT2D eigenvalue weighted by Crippen LogP contribution is -2.50. The summed E-state index contributed by atoms with van der Waals surface area (Å²) in [5.41, 5.74) is 0. The van der Waals surface area contributed by atoms with Crippen molar-refractivity contribution in [2.24, 2.45) is 0 Å². The highest BCUT2D eigenvalue weighted by Gasteiger charge is 2.23. The van der Waals surface area contributed by atoms with Crippen LogP contribution in [0, 0.1) is 0 Å². The second kappa shape index (κ2) is 10.6. The van der Waals surface area contributed by atoms with E-state index in [-0.39, 0.29) is 36.6 Å². The van der Waals surface area contributed by atoms with Gasteiger partial charge >= 0.3 is 11.9 Å². The van der Waals surface area contributed by atoms with Gasteiger partial charge < -0.3 is 19.3 Å². The Morgan fingerprint density at radius 2 is 1.00 bits per heavy atom. The fourth-order valence-corrected chi connectivity index (χ4v) is 2.49. The molecule has 2 amide bonds. The van der Waals surface area contributed by atoms with Gasteiger partial charge in [0.1, 0.15) is 0 Å². The molecule has 0 saturated carbocycles. The minimum atomic E-state index is -0.315. The SMILES string of the molecule is COC(=O)CCCC(=O)N1CCN(C(=O)CCCC(=O)OC)CC1. The van der Waals surface area contributed by atoms with Gasteiger partial charge in [0.2, 0.25) is 11.8 Å². The number of carbonyl (C=O) groups excluding carboxylic acids is 4. The standard InChI is InChI=1S/C16H26N2O6/c1-23-15(21)7-3-5-13(19)17-9-11-18(12-10-17)14(20)6-4-8-16(22)24-2/h3-12H2,1-2H3. The number of piperazine rings is 1. The van der Waals surface area contributed by atoms with Crippen LogP contribution in [0.4, 0.5) is 0 Å². The first-order chi connectivity index (χ1) is 11.5. The molecule has 0 aromatic rings. The molecule has 0 atom stereocenters. The minimum Gasteiger partial charge on any atom is -0.469 e. The van der Waals surface area contributed by atoms with E-state index in [1.165, 1.54) is 14.2 Å². The number of hydrogen-bond donors (Lipinski definition) is 0. The lowest BCUT2D eigenvalue weighted by Gasteiger charge is -2.35. The second-order valence-electron chi connectivity index (χ2n) is 5.62. The first-order valence-electron chi connectivity index (χ1n) is 8.17. The van der Waals surface area contributed by atoms with E-state index in [9.17, 15) is 19.2 Å². The molecule has 1 aliphatic rings. The Labute approximate surface area is 142 Å². The fourth-order valence-electron chi connectivity index (χ4n) is 2.49. The summed E-state index contributed by atoms with van der Waals surface area (Å²) in [7, 11) is 2.65. The number of esters is 2. The van der Waals surface area contributed by atoms with Crippen molar-refractivity contribution >= 4 is 23.8 Å². The summed E-state index contributed by atoms with van der Waals surface area (Å²) >= 11 is 0. The van der Waals surface area contributed by atoms with Crippen molar-refractivity contribution in [1.82, 2.24) is 9.80 Å². The van der Waals surface area contributed by atoms with Crippen molar-refractivity contribution in [3.05, 3.63) is 0 Å². The lowest BCUT2D eigenvalue weighted by molar-refractivity contribution is -0.143. The molecule has 8 nitrogen and oxygen atoms in total. The summed E-state index contributed by atoms with van der Waals surface area (Å²) in [6.07, 6.45) is 2.03. The molecule has 1 saturated heterocycles. The number of methoxy groups -OCH3 is 2. The molecule has 0 aromatic carbocycles. The summed E-state index contributed by atoms with van der Waals surface area (Å²) in [6.45, 7) is 2.00. The van der Waals surface area contributed by atoms with Crippen LogP contribution in [0.25, 0.3) is 0 Å². The quantitative estimate of drug-likeness (QED) is 0.591. The molecule has 1 rings (SSSR count). The normalized spacial score (nSPS) is 14.2. The molecule has 0 aromatic heterocycles. The van der Waals surface area contributed by atoms with Crippen LogP contribution in [0.15, 0.2) is 0 Å². The molecule has 8 heteroatoms. The third-order valence-electron chi connectivity index (χ3n) is 3.98. The van der Waals surface area contributed by atoms with Crippen LogP contribution in [0.5, 0.6) is 0 Å². The number of hydrogen-bond acceptors (Lipinski definition) is 6. The second-order valence-corrected chi connectivity index (χ2v) is 5.62. The number of rotatable bonds is 8. The van der Waals surface area contributed by atoms with E-state index in [0.29, 0.717) is 51.9 Å². The molecular weight excluding hydrogens is 316 g/mol. The average molecular weight is 342 g/mol. The van der Waals surface area contributed by atoms with Crippen molar-refractivity contribution in [3.8, 4) is 0 Å². The monoisotopic (exact) mass is 342 g/mol. The van der Waals surface area contributed by atoms with Crippen LogP contribution < -0.4 is 0 Å². The van der Waals surface area contributed by atoms with Gasteiger partial charge in [-0.25, -0.2) is 0 Å². The van der Waals surface area contributed by atoms with Crippen LogP contribution in [-0.4, -0.2) is 74.0 Å². The number of nitrogens with zero attached hydrogens (tertiary/aromatic N) is 2. The molecular formula is C16H26N2O6. The van der Waals surface area contributed by atoms with Gasteiger partial charge in [-0.05, 0) is 12.8 Å². The predicted molar refractivity (Wildman–Crippen MR) is 84.9 cm³/mol. The Kier molecular flexibility index (Phi) is 8.81. The summed E-state index contributed by atoms with van der Waals surface area (Å²) in [5.74, 6) is -0.635. The van der Waals surface area contributed by atoms with Gasteiger partial charge in [-0.15, -0.1) is 0 Å². The molecule has 0 radical (unpaired) electrons. The highest BCUT2D eigenvalue weighted by Crippen LogP contribution is 2.09. The van der Waals surface area contributed by atoms with E-state index in [1.807, 2.05) is 0 Å². The van der Waals surface area contributed by atoms with Crippen molar-refractivity contribution in [2.45, 2.75) is 38.5 Å². The number of ether oxygens (including phenoxy) is 2. The topological polar surface area (TPSA) is 93.2 Å². The highest BCUT2D eigenvalue weighted by molar-refractivity contribution is 5.79. The smallest absolute Gasteiger partial charge is 0.305 e. The van der Waals surface area contributed by atoms with Crippen molar-refractivity contribution in [1.29, 1.82) is 0 Å². The highest BCUT2D eigenvalue weighted by atomic mass is 16.5. The molecule has 1 fully saturated rings. The van der Waals surface area contributed by atoms with Gasteiger partial charge in [0.25, 0.3) is 0 Å². The largest absolute Gasteiger partial charge is 0.469 e. The Morgan fingerprint density at radius 1 is 0.667 bits per heavy atom. The molecule has 0 unspecified atom stereocenters. The summed E-state index contributed by atoms with van der Waals surface area (Å²) in [6, 6.07) is 0. The summed E-state index contributed by atoms with van der Waals surface area (Å²) in [5, 5.41) is 0. The number of carbonyl (C=O) groups is 4. The molecule has 0 N–H and O–H groups in total. The maximum atomic E-state index is 12.0. The number of amides is 2. The van der Waals surface area contributed by atoms with Crippen LogP contribution in [-0.2, 0) is 28.7 Å². The van der Waals surface area contributed by atoms with Gasteiger partial charge in [-0.3, -0.25) is 19.2 Å². The van der Waals surface area contributed by atoms with Gasteiger partial charge in [-0.2, -0.15) is 0 Å². The zero-order valence-corrected chi connectivity index (χ0v) is 14.4. The molecule has 136 valence electrons. The Hall–Kier alpha value is -2.12. The molecule has 1 heterocycles. The first kappa shape index (κ1) is 19.9. The van der Waals surface area contributed by atoms with Gasteiger partial charge in [0.15, 0.2) is 0 Å². The van der Waals surface area contributed by atoms with Crippen LogP contribution >= 0.6 is 0 Å². The molecule has 0 aliphatic carbocycles. The lowest BCUT2D eigenvalue weighted by atomic mass is 10.2. The Balaban J connectivity index is 2.22. The van der Waals surface area contributed by atoms with Crippen LogP contribution in [0.3, 0.4) is 0 Å². The Bertz CT molecular complexity index is 415. The molecule has 24 heavy (non-hydrogen) atoms. The summed E-state index contributed by atoms with van der Waals surface area (Å²) in [4.78, 5) is 49.6. The van der Waals surface area contributed by atoms with E-state index >= 15 is 0 Å². The van der Waals surface area contributed by atoms with Gasteiger partial charge in [0.05, 0.1) is 14.2 Å². The Morgan fingerprint density at radius 3 is 1.29 bits per heavy atom. The molecule has 1 aliphatic heterocycles. The third kappa shape index (κ3) is 6.97. The van der Waals surface area contributed by atoms with Crippen molar-refractivity contribution < 1.29 is 28.7 Å². The molecule has 0 spiro atoms. The van der Waals surface area contributed by atoms with E-state index in [1.54, 1.807) is 9.80 Å². The van der Waals surface area contributed by atoms with Crippen LogP contribution in [0.1, 0.15) is 38.5 Å². The molecule has 0 bridgehead atoms. The van der Waals surface area contributed by atoms with Crippen molar-refractivity contribution in [3.63, 3.8) is 0 Å². The first-order valence-corrected chi connectivity index (χ1v) is 8.17. The van der Waals surface area contributed by atoms with Gasteiger partial charge in [0, 0.05) is 51.9 Å². The maximum Gasteiger partial charge on any atom is 0.305 e. The van der Waals surface area contributed by atoms with Crippen LogP contribution in [0.2, 0.25) is 0 Å². The van der Waals surface area contributed by atoms with Gasteiger partial charge in [-0.1, -0.05) is 0 Å². The summed E-state index contributed by atoms with van der Waals surface area (Å²) < 4.78 is 9.07. The van der Waals surface area contributed by atoms with E-state index < -0.39 is 0 Å². The van der Waals surface area contributed by atoms with Crippen molar-refractivity contribution in [2.75, 3.05) is 40.4 Å². The van der Waals surface area contributed by atoms with E-state index in [4.69, 9.17) is 0 Å². The van der Waals surface area contributed by atoms with E-state index in [2.05, 4.69) is 9.47 Å². The maximum absolute atomic E-state index is 12.0. The average Bonchev–Trinajstić information content (AvgIpc) is 2.61. The minimum absolute atomic E-state index is 0.00306.